The summed E-state index contributed by atoms with van der Waals surface area (Å²) < 4.78 is 26.4. The molecule has 29 heavy (non-hydrogen) atoms. The van der Waals surface area contributed by atoms with Crippen LogP contribution in [-0.4, -0.2) is 39.7 Å². The summed E-state index contributed by atoms with van der Waals surface area (Å²) >= 11 is 6.18. The topological polar surface area (TPSA) is 80.1 Å². The molecule has 0 radical (unpaired) electrons. The van der Waals surface area contributed by atoms with Gasteiger partial charge in [-0.3, -0.25) is 5.10 Å². The van der Waals surface area contributed by atoms with Gasteiger partial charge in [0.25, 0.3) is 0 Å². The van der Waals surface area contributed by atoms with E-state index < -0.39 is 9.84 Å². The Balaban J connectivity index is 1.62. The quantitative estimate of drug-likeness (QED) is 0.349. The van der Waals surface area contributed by atoms with Gasteiger partial charge in [0.05, 0.1) is 17.2 Å². The van der Waals surface area contributed by atoms with E-state index in [0.717, 1.165) is 25.0 Å². The molecule has 8 heteroatoms. The van der Waals surface area contributed by atoms with Gasteiger partial charge in [0.1, 0.15) is 5.02 Å². The molecule has 2 aromatic rings. The van der Waals surface area contributed by atoms with Crippen molar-refractivity contribution in [2.75, 3.05) is 11.5 Å². The SMILES string of the molecule is CCCCCCCCCCCCCS(=O)(=O)CC(C)c1nc2c(Cl)c(C)[nH]n2n1. The Hall–Kier alpha value is -1.08. The largest absolute Gasteiger partial charge is 0.279 e. The second-order valence-corrected chi connectivity index (χ2v) is 10.9. The Morgan fingerprint density at radius 2 is 1.55 bits per heavy atom. The maximum atomic E-state index is 12.5. The number of fused-ring (bicyclic) bond motifs is 1. The van der Waals surface area contributed by atoms with Gasteiger partial charge in [0.15, 0.2) is 21.3 Å². The highest BCUT2D eigenvalue weighted by molar-refractivity contribution is 7.91. The van der Waals surface area contributed by atoms with Crippen molar-refractivity contribution >= 4 is 27.1 Å². The van der Waals surface area contributed by atoms with Crippen LogP contribution in [0.1, 0.15) is 102 Å². The predicted molar refractivity (Wildman–Crippen MR) is 121 cm³/mol. The van der Waals surface area contributed by atoms with Crippen LogP contribution in [0.4, 0.5) is 0 Å². The summed E-state index contributed by atoms with van der Waals surface area (Å²) in [5.41, 5.74) is 1.35. The van der Waals surface area contributed by atoms with E-state index in [2.05, 4.69) is 22.1 Å². The van der Waals surface area contributed by atoms with Gasteiger partial charge in [-0.25, -0.2) is 13.4 Å². The summed E-state index contributed by atoms with van der Waals surface area (Å²) in [6.45, 7) is 5.94. The van der Waals surface area contributed by atoms with Crippen LogP contribution in [0.25, 0.3) is 5.65 Å². The molecule has 166 valence electrons. The van der Waals surface area contributed by atoms with Crippen LogP contribution in [0.15, 0.2) is 0 Å². The molecule has 0 fully saturated rings. The number of aromatic nitrogens is 4. The number of unbranched alkanes of at least 4 members (excludes halogenated alkanes) is 10. The van der Waals surface area contributed by atoms with E-state index in [9.17, 15) is 8.42 Å². The molecule has 0 bridgehead atoms. The van der Waals surface area contributed by atoms with Crippen LogP contribution < -0.4 is 0 Å². The van der Waals surface area contributed by atoms with Crippen molar-refractivity contribution in [3.05, 3.63) is 16.5 Å². The first kappa shape index (κ1) is 24.2. The molecule has 1 unspecified atom stereocenters. The number of nitrogens with zero attached hydrogens (tertiary/aromatic N) is 3. The van der Waals surface area contributed by atoms with Crippen LogP contribution in [0.3, 0.4) is 0 Å². The van der Waals surface area contributed by atoms with Gasteiger partial charge >= 0.3 is 0 Å². The summed E-state index contributed by atoms with van der Waals surface area (Å²) in [7, 11) is -3.11. The molecule has 1 atom stereocenters. The second kappa shape index (κ2) is 11.9. The third-order valence-corrected chi connectivity index (χ3v) is 7.80. The highest BCUT2D eigenvalue weighted by Gasteiger charge is 2.22. The molecule has 2 heterocycles. The molecule has 2 rings (SSSR count). The van der Waals surface area contributed by atoms with Gasteiger partial charge in [-0.05, 0) is 13.3 Å². The molecule has 0 saturated heterocycles. The lowest BCUT2D eigenvalue weighted by Crippen LogP contribution is -2.17. The van der Waals surface area contributed by atoms with Crippen molar-refractivity contribution in [3.63, 3.8) is 0 Å². The zero-order chi connectivity index (χ0) is 21.3. The molecule has 1 N–H and O–H groups in total. The molecule has 0 aliphatic carbocycles. The fourth-order valence-corrected chi connectivity index (χ4v) is 5.54. The lowest BCUT2D eigenvalue weighted by atomic mass is 10.1. The van der Waals surface area contributed by atoms with Crippen LogP contribution in [0.2, 0.25) is 5.02 Å². The van der Waals surface area contributed by atoms with Crippen molar-refractivity contribution in [2.24, 2.45) is 0 Å². The van der Waals surface area contributed by atoms with Crippen molar-refractivity contribution in [1.82, 2.24) is 19.8 Å². The van der Waals surface area contributed by atoms with E-state index >= 15 is 0 Å². The Morgan fingerprint density at radius 3 is 2.10 bits per heavy atom. The Morgan fingerprint density at radius 1 is 1.00 bits per heavy atom. The maximum Gasteiger partial charge on any atom is 0.194 e. The zero-order valence-corrected chi connectivity index (χ0v) is 19.8. The highest BCUT2D eigenvalue weighted by Crippen LogP contribution is 2.22. The number of hydrogen-bond donors (Lipinski definition) is 1. The van der Waals surface area contributed by atoms with Crippen LogP contribution in [-0.2, 0) is 9.84 Å². The Kier molecular flexibility index (Phi) is 9.96. The second-order valence-electron chi connectivity index (χ2n) is 8.31. The minimum absolute atomic E-state index is 0.0779. The molecule has 0 spiro atoms. The average Bonchev–Trinajstić information content (AvgIpc) is 3.19. The fraction of sp³-hybridized carbons (Fsp3) is 0.810. The van der Waals surface area contributed by atoms with Crippen LogP contribution in [0, 0.1) is 6.92 Å². The predicted octanol–water partition coefficient (Wildman–Crippen LogP) is 5.85. The Bertz CT molecular complexity index is 844. The van der Waals surface area contributed by atoms with Crippen molar-refractivity contribution in [2.45, 2.75) is 97.3 Å². The van der Waals surface area contributed by atoms with Gasteiger partial charge in [-0.1, -0.05) is 89.7 Å². The normalized spacial score (nSPS) is 13.4. The van der Waals surface area contributed by atoms with Crippen molar-refractivity contribution in [3.8, 4) is 0 Å². The number of hydrogen-bond acceptors (Lipinski definition) is 4. The summed E-state index contributed by atoms with van der Waals surface area (Å²) in [6.07, 6.45) is 13.4. The number of aromatic amines is 1. The standard InChI is InChI=1S/C21H37ClN4O2S/c1-4-5-6-7-8-9-10-11-12-13-14-15-29(27,28)16-17(2)20-23-21-19(22)18(3)24-26(21)25-20/h17,24H,4-16H2,1-3H3. The number of nitrogens with one attached hydrogen (secondary N) is 1. The lowest BCUT2D eigenvalue weighted by Gasteiger charge is -2.09. The van der Waals surface area contributed by atoms with Gasteiger partial charge in [0, 0.05) is 5.92 Å². The highest BCUT2D eigenvalue weighted by atomic mass is 35.5. The molecular formula is C21H37ClN4O2S. The molecule has 0 aliphatic heterocycles. The zero-order valence-electron chi connectivity index (χ0n) is 18.2. The first-order chi connectivity index (χ1) is 13.8. The van der Waals surface area contributed by atoms with Crippen molar-refractivity contribution in [1.29, 1.82) is 0 Å². The monoisotopic (exact) mass is 444 g/mol. The number of halogens is 1. The first-order valence-electron chi connectivity index (χ1n) is 11.1. The van der Waals surface area contributed by atoms with E-state index in [0.29, 0.717) is 16.5 Å². The number of rotatable bonds is 15. The van der Waals surface area contributed by atoms with Gasteiger partial charge in [0.2, 0.25) is 0 Å². The smallest absolute Gasteiger partial charge is 0.194 e. The Labute approximate surface area is 180 Å². The molecule has 0 aromatic carbocycles. The molecule has 2 aromatic heterocycles. The summed E-state index contributed by atoms with van der Waals surface area (Å²) in [6, 6.07) is 0. The van der Waals surface area contributed by atoms with E-state index in [1.165, 1.54) is 56.0 Å². The van der Waals surface area contributed by atoms with E-state index in [1.807, 2.05) is 13.8 Å². The maximum absolute atomic E-state index is 12.5. The molecular weight excluding hydrogens is 408 g/mol. The summed E-state index contributed by atoms with van der Waals surface area (Å²) in [4.78, 5) is 4.40. The summed E-state index contributed by atoms with van der Waals surface area (Å²) in [5, 5.41) is 7.87. The molecule has 0 saturated carbocycles. The van der Waals surface area contributed by atoms with Crippen molar-refractivity contribution < 1.29 is 8.42 Å². The van der Waals surface area contributed by atoms with Gasteiger partial charge in [-0.2, -0.15) is 4.63 Å². The summed E-state index contributed by atoms with van der Waals surface area (Å²) in [5.74, 6) is 0.590. The molecule has 0 amide bonds. The van der Waals surface area contributed by atoms with Crippen LogP contribution >= 0.6 is 11.6 Å². The lowest BCUT2D eigenvalue weighted by molar-refractivity contribution is 0.550. The number of aryl methyl sites for hydroxylation is 1. The number of sulfone groups is 1. The van der Waals surface area contributed by atoms with E-state index in [1.54, 1.807) is 0 Å². The van der Waals surface area contributed by atoms with Gasteiger partial charge in [-0.15, -0.1) is 5.10 Å². The minimum Gasteiger partial charge on any atom is -0.279 e. The average molecular weight is 445 g/mol. The minimum atomic E-state index is -3.11. The molecule has 0 aliphatic rings. The fourth-order valence-electron chi connectivity index (χ4n) is 3.66. The molecule has 6 nitrogen and oxygen atoms in total. The third kappa shape index (κ3) is 7.93. The number of H-pyrrole nitrogens is 1. The van der Waals surface area contributed by atoms with Gasteiger partial charge < -0.3 is 0 Å². The van der Waals surface area contributed by atoms with E-state index in [4.69, 9.17) is 11.6 Å². The van der Waals surface area contributed by atoms with Crippen LogP contribution in [0.5, 0.6) is 0 Å². The third-order valence-electron chi connectivity index (χ3n) is 5.43. The first-order valence-corrected chi connectivity index (χ1v) is 13.3. The van der Waals surface area contributed by atoms with E-state index in [-0.39, 0.29) is 17.4 Å².